The number of hydrogen-bond acceptors (Lipinski definition) is 5. The van der Waals surface area contributed by atoms with Gasteiger partial charge in [-0.15, -0.1) is 0 Å². The summed E-state index contributed by atoms with van der Waals surface area (Å²) in [6.07, 6.45) is 4.90. The summed E-state index contributed by atoms with van der Waals surface area (Å²) in [6, 6.07) is 0.719. The molecule has 7 nitrogen and oxygen atoms in total. The summed E-state index contributed by atoms with van der Waals surface area (Å²) in [5, 5.41) is 18.4. The lowest BCUT2D eigenvalue weighted by Gasteiger charge is -2.38. The molecule has 2 aliphatic rings. The van der Waals surface area contributed by atoms with Crippen LogP contribution in [0.25, 0.3) is 0 Å². The fourth-order valence-electron chi connectivity index (χ4n) is 2.82. The molecule has 3 N–H and O–H groups in total. The molecule has 21 heavy (non-hydrogen) atoms. The monoisotopic (exact) mass is 302 g/mol. The Morgan fingerprint density at radius 3 is 2.14 bits per heavy atom. The standard InChI is InChI=1S/C12H24N2O.C2H2O4/c1-10-7-14(8-11(2)15-10)9-12-5-3-4-6-13-12;3-1(4)2(5)6/h10-13H,3-9H2,1-2H3;(H,3,4)(H,5,6). The number of hydrogen-bond donors (Lipinski definition) is 3. The molecule has 3 unspecified atom stereocenters. The van der Waals surface area contributed by atoms with Gasteiger partial charge in [0.05, 0.1) is 12.2 Å². The minimum absolute atomic E-state index is 0.400. The highest BCUT2D eigenvalue weighted by Gasteiger charge is 2.24. The number of carboxylic acids is 2. The molecule has 0 aromatic rings. The van der Waals surface area contributed by atoms with Crippen LogP contribution < -0.4 is 5.32 Å². The Balaban J connectivity index is 0.000000315. The van der Waals surface area contributed by atoms with Crippen molar-refractivity contribution in [2.75, 3.05) is 26.2 Å². The van der Waals surface area contributed by atoms with Gasteiger partial charge in [0.15, 0.2) is 0 Å². The summed E-state index contributed by atoms with van der Waals surface area (Å²) in [5.41, 5.74) is 0. The molecule has 2 aliphatic heterocycles. The average molecular weight is 302 g/mol. The molecule has 0 radical (unpaired) electrons. The number of nitrogens with zero attached hydrogens (tertiary/aromatic N) is 1. The molecule has 2 heterocycles. The van der Waals surface area contributed by atoms with E-state index >= 15 is 0 Å². The van der Waals surface area contributed by atoms with Crippen molar-refractivity contribution >= 4 is 11.9 Å². The van der Waals surface area contributed by atoms with Crippen molar-refractivity contribution in [3.05, 3.63) is 0 Å². The Bertz CT molecular complexity index is 322. The number of aliphatic carboxylic acids is 2. The van der Waals surface area contributed by atoms with E-state index in [4.69, 9.17) is 24.5 Å². The third kappa shape index (κ3) is 7.40. The van der Waals surface area contributed by atoms with E-state index in [-0.39, 0.29) is 0 Å². The second-order valence-corrected chi connectivity index (χ2v) is 5.73. The van der Waals surface area contributed by atoms with E-state index in [0.29, 0.717) is 12.2 Å². The molecule has 2 rings (SSSR count). The van der Waals surface area contributed by atoms with E-state index in [2.05, 4.69) is 24.1 Å². The van der Waals surface area contributed by atoms with Crippen molar-refractivity contribution in [1.29, 1.82) is 0 Å². The van der Waals surface area contributed by atoms with E-state index in [1.165, 1.54) is 32.4 Å². The minimum atomic E-state index is -1.82. The van der Waals surface area contributed by atoms with Gasteiger partial charge in [0.1, 0.15) is 0 Å². The van der Waals surface area contributed by atoms with Crippen LogP contribution in [0.5, 0.6) is 0 Å². The lowest BCUT2D eigenvalue weighted by atomic mass is 10.0. The summed E-state index contributed by atoms with van der Waals surface area (Å²) in [4.78, 5) is 20.8. The first kappa shape index (κ1) is 17.9. The number of carbonyl (C=O) groups is 2. The third-order valence-electron chi connectivity index (χ3n) is 3.57. The zero-order valence-corrected chi connectivity index (χ0v) is 12.7. The zero-order chi connectivity index (χ0) is 15.8. The van der Waals surface area contributed by atoms with Gasteiger partial charge in [0.2, 0.25) is 0 Å². The van der Waals surface area contributed by atoms with Crippen molar-refractivity contribution in [2.45, 2.75) is 51.4 Å². The smallest absolute Gasteiger partial charge is 0.414 e. The fraction of sp³-hybridized carbons (Fsp3) is 0.857. The maximum absolute atomic E-state index is 9.10. The van der Waals surface area contributed by atoms with Crippen LogP contribution in [0.15, 0.2) is 0 Å². The predicted octanol–water partition coefficient (Wildman–Crippen LogP) is 0.393. The van der Waals surface area contributed by atoms with E-state index in [0.717, 1.165) is 19.1 Å². The Morgan fingerprint density at radius 2 is 1.71 bits per heavy atom. The Hall–Kier alpha value is -1.18. The highest BCUT2D eigenvalue weighted by atomic mass is 16.5. The quantitative estimate of drug-likeness (QED) is 0.635. The Morgan fingerprint density at radius 1 is 1.14 bits per heavy atom. The van der Waals surface area contributed by atoms with Gasteiger partial charge in [0.25, 0.3) is 0 Å². The molecule has 0 spiro atoms. The van der Waals surface area contributed by atoms with Gasteiger partial charge in [-0.2, -0.15) is 0 Å². The molecule has 0 aromatic carbocycles. The van der Waals surface area contributed by atoms with Crippen LogP contribution in [0, 0.1) is 0 Å². The van der Waals surface area contributed by atoms with Crippen molar-refractivity contribution in [1.82, 2.24) is 10.2 Å². The lowest BCUT2D eigenvalue weighted by molar-refractivity contribution is -0.159. The van der Waals surface area contributed by atoms with Crippen LogP contribution in [0.1, 0.15) is 33.1 Å². The van der Waals surface area contributed by atoms with Gasteiger partial charge in [-0.25, -0.2) is 9.59 Å². The van der Waals surface area contributed by atoms with Gasteiger partial charge < -0.3 is 20.3 Å². The van der Waals surface area contributed by atoms with Gasteiger partial charge in [-0.1, -0.05) is 6.42 Å². The van der Waals surface area contributed by atoms with Crippen molar-refractivity contribution in [3.63, 3.8) is 0 Å². The van der Waals surface area contributed by atoms with Gasteiger partial charge in [0, 0.05) is 25.7 Å². The molecule has 0 aliphatic carbocycles. The van der Waals surface area contributed by atoms with E-state index in [1.54, 1.807) is 0 Å². The first-order valence-corrected chi connectivity index (χ1v) is 7.46. The summed E-state index contributed by atoms with van der Waals surface area (Å²) in [5.74, 6) is -3.65. The summed E-state index contributed by atoms with van der Waals surface area (Å²) >= 11 is 0. The van der Waals surface area contributed by atoms with Crippen LogP contribution >= 0.6 is 0 Å². The van der Waals surface area contributed by atoms with Crippen LogP contribution in [-0.2, 0) is 14.3 Å². The molecule has 7 heteroatoms. The third-order valence-corrected chi connectivity index (χ3v) is 3.57. The number of carboxylic acid groups (broad SMARTS) is 2. The fourth-order valence-corrected chi connectivity index (χ4v) is 2.82. The maximum atomic E-state index is 9.10. The molecule has 0 aromatic heterocycles. The van der Waals surface area contributed by atoms with Crippen LogP contribution in [0.3, 0.4) is 0 Å². The maximum Gasteiger partial charge on any atom is 0.414 e. The van der Waals surface area contributed by atoms with Crippen LogP contribution in [0.4, 0.5) is 0 Å². The molecule has 3 atom stereocenters. The SMILES string of the molecule is CC1CN(CC2CCCCN2)CC(C)O1.O=C(O)C(=O)O. The highest BCUT2D eigenvalue weighted by molar-refractivity contribution is 6.27. The van der Waals surface area contributed by atoms with E-state index in [9.17, 15) is 0 Å². The summed E-state index contributed by atoms with van der Waals surface area (Å²) < 4.78 is 5.74. The van der Waals surface area contributed by atoms with Gasteiger partial charge in [-0.3, -0.25) is 4.90 Å². The molecule has 122 valence electrons. The Kier molecular flexibility index (Phi) is 7.63. The predicted molar refractivity (Wildman–Crippen MR) is 77.4 cm³/mol. The lowest BCUT2D eigenvalue weighted by Crippen LogP contribution is -2.51. The van der Waals surface area contributed by atoms with Crippen LogP contribution in [-0.4, -0.2) is 71.5 Å². The molecule has 2 fully saturated rings. The molecular weight excluding hydrogens is 276 g/mol. The number of nitrogens with one attached hydrogen (secondary N) is 1. The van der Waals surface area contributed by atoms with Crippen molar-refractivity contribution in [3.8, 4) is 0 Å². The summed E-state index contributed by atoms with van der Waals surface area (Å²) in [6.45, 7) is 8.97. The zero-order valence-electron chi connectivity index (χ0n) is 12.7. The number of morpholine rings is 1. The average Bonchev–Trinajstić information content (AvgIpc) is 2.39. The molecular formula is C14H26N2O5. The van der Waals surface area contributed by atoms with Crippen molar-refractivity contribution < 1.29 is 24.5 Å². The number of ether oxygens (including phenoxy) is 1. The first-order valence-electron chi connectivity index (χ1n) is 7.46. The highest BCUT2D eigenvalue weighted by Crippen LogP contribution is 2.14. The number of piperidine rings is 1. The molecule has 0 saturated carbocycles. The number of rotatable bonds is 2. The topological polar surface area (TPSA) is 99.1 Å². The second-order valence-electron chi connectivity index (χ2n) is 5.73. The van der Waals surface area contributed by atoms with E-state index in [1.807, 2.05) is 0 Å². The first-order chi connectivity index (χ1) is 9.88. The molecule has 0 bridgehead atoms. The van der Waals surface area contributed by atoms with Gasteiger partial charge in [-0.05, 0) is 33.2 Å². The largest absolute Gasteiger partial charge is 0.473 e. The van der Waals surface area contributed by atoms with E-state index < -0.39 is 11.9 Å². The molecule has 0 amide bonds. The molecule has 2 saturated heterocycles. The Labute approximate surface area is 125 Å². The van der Waals surface area contributed by atoms with Gasteiger partial charge >= 0.3 is 11.9 Å². The normalized spacial score (nSPS) is 30.1. The minimum Gasteiger partial charge on any atom is -0.473 e. The summed E-state index contributed by atoms with van der Waals surface area (Å²) in [7, 11) is 0. The second kappa shape index (κ2) is 8.96. The van der Waals surface area contributed by atoms with Crippen LogP contribution in [0.2, 0.25) is 0 Å². The van der Waals surface area contributed by atoms with Crippen molar-refractivity contribution in [2.24, 2.45) is 0 Å².